The zero-order valence-electron chi connectivity index (χ0n) is 11.4. The number of benzene rings is 2. The van der Waals surface area contributed by atoms with E-state index in [1.54, 1.807) is 6.07 Å². The van der Waals surface area contributed by atoms with Gasteiger partial charge in [0.05, 0.1) is 5.56 Å². The van der Waals surface area contributed by atoms with Gasteiger partial charge in [-0.05, 0) is 36.2 Å². The van der Waals surface area contributed by atoms with Crippen LogP contribution < -0.4 is 5.32 Å². The lowest BCUT2D eigenvalue weighted by Crippen LogP contribution is -2.20. The Labute approximate surface area is 130 Å². The summed E-state index contributed by atoms with van der Waals surface area (Å²) in [5.41, 5.74) is 0.694. The predicted octanol–water partition coefficient (Wildman–Crippen LogP) is 5.32. The third-order valence-electron chi connectivity index (χ3n) is 3.27. The topological polar surface area (TPSA) is 12.0 Å². The van der Waals surface area contributed by atoms with Crippen molar-refractivity contribution in [3.05, 3.63) is 69.7 Å². The average Bonchev–Trinajstić information content (AvgIpc) is 2.44. The summed E-state index contributed by atoms with van der Waals surface area (Å²) in [7, 11) is 0. The third kappa shape index (κ3) is 4.32. The highest BCUT2D eigenvalue weighted by Crippen LogP contribution is 2.32. The van der Waals surface area contributed by atoms with Crippen LogP contribution >= 0.6 is 15.9 Å². The Morgan fingerprint density at radius 3 is 2.48 bits per heavy atom. The molecule has 0 spiro atoms. The van der Waals surface area contributed by atoms with Crippen molar-refractivity contribution in [1.82, 2.24) is 5.32 Å². The van der Waals surface area contributed by atoms with Gasteiger partial charge in [-0.3, -0.25) is 0 Å². The maximum atomic E-state index is 12.9. The molecule has 0 amide bonds. The van der Waals surface area contributed by atoms with E-state index in [1.165, 1.54) is 12.1 Å². The zero-order chi connectivity index (χ0) is 15.5. The van der Waals surface area contributed by atoms with Crippen LogP contribution in [0.25, 0.3) is 0 Å². The fourth-order valence-electron chi connectivity index (χ4n) is 2.11. The van der Waals surface area contributed by atoms with Crippen LogP contribution in [-0.2, 0) is 12.7 Å². The highest BCUT2D eigenvalue weighted by atomic mass is 79.9. The van der Waals surface area contributed by atoms with Crippen LogP contribution in [-0.4, -0.2) is 0 Å². The van der Waals surface area contributed by atoms with Gasteiger partial charge in [-0.15, -0.1) is 0 Å². The predicted molar refractivity (Wildman–Crippen MR) is 80.8 cm³/mol. The summed E-state index contributed by atoms with van der Waals surface area (Å²) in [6.45, 7) is 2.10. The molecule has 0 aromatic heterocycles. The van der Waals surface area contributed by atoms with Crippen molar-refractivity contribution in [2.24, 2.45) is 0 Å². The minimum absolute atomic E-state index is 0.0382. The van der Waals surface area contributed by atoms with E-state index in [2.05, 4.69) is 21.2 Å². The Bertz CT molecular complexity index is 610. The molecule has 0 heterocycles. The standard InChI is InChI=1S/C16H15BrF3N/c1-11(12-6-4-7-14(17)9-12)21-10-13-5-2-3-8-15(13)16(18,19)20/h2-9,11,21H,10H2,1H3/t11-/m1/s1. The van der Waals surface area contributed by atoms with Crippen LogP contribution in [0.1, 0.15) is 29.7 Å². The van der Waals surface area contributed by atoms with Gasteiger partial charge in [0.2, 0.25) is 0 Å². The first kappa shape index (κ1) is 16.0. The highest BCUT2D eigenvalue weighted by molar-refractivity contribution is 9.10. The highest BCUT2D eigenvalue weighted by Gasteiger charge is 2.32. The van der Waals surface area contributed by atoms with Crippen molar-refractivity contribution >= 4 is 15.9 Å². The van der Waals surface area contributed by atoms with E-state index in [0.717, 1.165) is 16.1 Å². The molecule has 0 saturated carbocycles. The lowest BCUT2D eigenvalue weighted by atomic mass is 10.1. The van der Waals surface area contributed by atoms with Crippen LogP contribution in [0.15, 0.2) is 53.0 Å². The van der Waals surface area contributed by atoms with Crippen LogP contribution in [0.3, 0.4) is 0 Å². The fraction of sp³-hybridized carbons (Fsp3) is 0.250. The first-order valence-electron chi connectivity index (χ1n) is 6.52. The van der Waals surface area contributed by atoms with E-state index in [0.29, 0.717) is 0 Å². The number of alkyl halides is 3. The molecule has 0 unspecified atom stereocenters. The van der Waals surface area contributed by atoms with Gasteiger partial charge in [-0.1, -0.05) is 46.3 Å². The van der Waals surface area contributed by atoms with Gasteiger partial charge in [0.1, 0.15) is 0 Å². The summed E-state index contributed by atoms with van der Waals surface area (Å²) in [6.07, 6.45) is -4.32. The van der Waals surface area contributed by atoms with E-state index in [-0.39, 0.29) is 18.2 Å². The second kappa shape index (κ2) is 6.62. The Morgan fingerprint density at radius 2 is 1.81 bits per heavy atom. The Morgan fingerprint density at radius 1 is 1.10 bits per heavy atom. The first-order valence-corrected chi connectivity index (χ1v) is 7.31. The smallest absolute Gasteiger partial charge is 0.306 e. The van der Waals surface area contributed by atoms with Gasteiger partial charge in [-0.25, -0.2) is 0 Å². The number of hydrogen-bond donors (Lipinski definition) is 1. The molecule has 1 nitrogen and oxygen atoms in total. The zero-order valence-corrected chi connectivity index (χ0v) is 13.0. The molecule has 0 saturated heterocycles. The minimum atomic E-state index is -4.32. The van der Waals surface area contributed by atoms with Crippen LogP contribution in [0, 0.1) is 0 Å². The monoisotopic (exact) mass is 357 g/mol. The molecule has 112 valence electrons. The van der Waals surface area contributed by atoms with Crippen LogP contribution in [0.2, 0.25) is 0 Å². The SMILES string of the molecule is C[C@@H](NCc1ccccc1C(F)(F)F)c1cccc(Br)c1. The van der Waals surface area contributed by atoms with Crippen molar-refractivity contribution in [1.29, 1.82) is 0 Å². The third-order valence-corrected chi connectivity index (χ3v) is 3.76. The van der Waals surface area contributed by atoms with E-state index in [9.17, 15) is 13.2 Å². The summed E-state index contributed by atoms with van der Waals surface area (Å²) >= 11 is 3.39. The molecule has 1 N–H and O–H groups in total. The van der Waals surface area contributed by atoms with Gasteiger partial charge < -0.3 is 5.32 Å². The van der Waals surface area contributed by atoms with Crippen LogP contribution in [0.5, 0.6) is 0 Å². The molecule has 1 atom stereocenters. The molecule has 0 aliphatic heterocycles. The molecule has 0 bridgehead atoms. The molecular formula is C16H15BrF3N. The summed E-state index contributed by atoms with van der Waals surface area (Å²) in [5.74, 6) is 0. The second-order valence-corrected chi connectivity index (χ2v) is 5.73. The number of halogens is 4. The molecule has 21 heavy (non-hydrogen) atoms. The number of rotatable bonds is 4. The summed E-state index contributed by atoms with van der Waals surface area (Å²) < 4.78 is 39.7. The lowest BCUT2D eigenvalue weighted by molar-refractivity contribution is -0.138. The second-order valence-electron chi connectivity index (χ2n) is 4.81. The van der Waals surface area contributed by atoms with Gasteiger partial charge >= 0.3 is 6.18 Å². The Balaban J connectivity index is 2.10. The Hall–Kier alpha value is -1.33. The van der Waals surface area contributed by atoms with Gasteiger partial charge in [0.25, 0.3) is 0 Å². The molecule has 2 aromatic carbocycles. The van der Waals surface area contributed by atoms with Crippen molar-refractivity contribution in [2.75, 3.05) is 0 Å². The Kier molecular flexibility index (Phi) is 5.06. The molecule has 0 fully saturated rings. The summed E-state index contributed by atoms with van der Waals surface area (Å²) in [5, 5.41) is 3.13. The van der Waals surface area contributed by atoms with Crippen molar-refractivity contribution in [3.63, 3.8) is 0 Å². The van der Waals surface area contributed by atoms with E-state index in [4.69, 9.17) is 0 Å². The summed E-state index contributed by atoms with van der Waals surface area (Å²) in [6, 6.07) is 13.3. The van der Waals surface area contributed by atoms with Crippen molar-refractivity contribution in [2.45, 2.75) is 25.7 Å². The molecule has 0 aliphatic rings. The maximum Gasteiger partial charge on any atom is 0.416 e. The maximum absolute atomic E-state index is 12.9. The molecule has 0 aliphatic carbocycles. The molecule has 0 radical (unpaired) electrons. The van der Waals surface area contributed by atoms with E-state index in [1.807, 2.05) is 31.2 Å². The van der Waals surface area contributed by atoms with Crippen molar-refractivity contribution < 1.29 is 13.2 Å². The van der Waals surface area contributed by atoms with Crippen molar-refractivity contribution in [3.8, 4) is 0 Å². The molecule has 2 rings (SSSR count). The molecular weight excluding hydrogens is 343 g/mol. The van der Waals surface area contributed by atoms with E-state index < -0.39 is 11.7 Å². The summed E-state index contributed by atoms with van der Waals surface area (Å²) in [4.78, 5) is 0. The van der Waals surface area contributed by atoms with Gasteiger partial charge in [-0.2, -0.15) is 13.2 Å². The van der Waals surface area contributed by atoms with Gasteiger partial charge in [0.15, 0.2) is 0 Å². The minimum Gasteiger partial charge on any atom is -0.306 e. The molecule has 5 heteroatoms. The molecule has 2 aromatic rings. The fourth-order valence-corrected chi connectivity index (χ4v) is 2.52. The first-order chi connectivity index (χ1) is 9.88. The quantitative estimate of drug-likeness (QED) is 0.780. The van der Waals surface area contributed by atoms with Gasteiger partial charge in [0, 0.05) is 17.1 Å². The lowest BCUT2D eigenvalue weighted by Gasteiger charge is -2.17. The normalized spacial score (nSPS) is 13.2. The largest absolute Gasteiger partial charge is 0.416 e. The number of nitrogens with one attached hydrogen (secondary N) is 1. The van der Waals surface area contributed by atoms with E-state index >= 15 is 0 Å². The average molecular weight is 358 g/mol. The number of hydrogen-bond acceptors (Lipinski definition) is 1. The van der Waals surface area contributed by atoms with Crippen LogP contribution in [0.4, 0.5) is 13.2 Å².